The summed E-state index contributed by atoms with van der Waals surface area (Å²) < 4.78 is 19.8. The topological polar surface area (TPSA) is 180 Å². The number of halogens is 3. The number of aromatic amines is 2. The number of pyridine rings is 2. The third kappa shape index (κ3) is 11.8. The van der Waals surface area contributed by atoms with Gasteiger partial charge in [0.25, 0.3) is 11.1 Å². The lowest BCUT2D eigenvalue weighted by Gasteiger charge is -2.37. The number of piperazine rings is 2. The molecule has 0 saturated carbocycles. The van der Waals surface area contributed by atoms with Crippen molar-refractivity contribution in [3.63, 3.8) is 0 Å². The molecule has 2 fully saturated rings. The number of fused-ring (bicyclic) bond motifs is 2. The minimum atomic E-state index is -0.546. The summed E-state index contributed by atoms with van der Waals surface area (Å²) in [5, 5.41) is 19.9. The Kier molecular flexibility index (Phi) is 17.0. The zero-order valence-corrected chi connectivity index (χ0v) is 39.6. The fraction of sp³-hybridized carbons (Fsp3) is 0.347. The van der Waals surface area contributed by atoms with Gasteiger partial charge in [-0.25, -0.2) is 24.3 Å². The van der Waals surface area contributed by atoms with E-state index in [1.165, 1.54) is 6.07 Å². The van der Waals surface area contributed by atoms with Gasteiger partial charge in [-0.3, -0.25) is 19.4 Å². The molecule has 0 amide bonds. The van der Waals surface area contributed by atoms with E-state index in [0.717, 1.165) is 75.6 Å². The lowest BCUT2D eigenvalue weighted by atomic mass is 10.1. The number of nitrogens with one attached hydrogen (secondary N) is 2. The molecule has 0 radical (unpaired) electrons. The SMILES string of the molecule is CC(C)N1CCN(c2cccc(-c3nc4cc(F)cc(CO)c4c(=O)[nH]3)n2)CC1.CC(C)N1CCN(c2cccc(-c3nc4cc(OCc5ccccc5)cc(CO)c4c(=O)[nH]3)n2)CC1.Cl.Cl. The van der Waals surface area contributed by atoms with Crippen LogP contribution in [0.2, 0.25) is 0 Å². The summed E-state index contributed by atoms with van der Waals surface area (Å²) in [5.41, 5.74) is 2.75. The summed E-state index contributed by atoms with van der Waals surface area (Å²) in [6, 6.07) is 28.0. The average Bonchev–Trinajstić information content (AvgIpc) is 3.33. The Labute approximate surface area is 400 Å². The van der Waals surface area contributed by atoms with Gasteiger partial charge in [0.1, 0.15) is 41.2 Å². The molecule has 4 aromatic heterocycles. The fourth-order valence-electron chi connectivity index (χ4n) is 8.36. The van der Waals surface area contributed by atoms with Crippen LogP contribution in [0.5, 0.6) is 5.75 Å². The number of benzene rings is 3. The number of ether oxygens (including phenoxy) is 1. The van der Waals surface area contributed by atoms with Gasteiger partial charge in [0.15, 0.2) is 11.6 Å². The van der Waals surface area contributed by atoms with Crippen molar-refractivity contribution in [2.45, 2.75) is 59.6 Å². The highest BCUT2D eigenvalue weighted by Gasteiger charge is 2.22. The van der Waals surface area contributed by atoms with Crippen molar-refractivity contribution in [3.05, 3.63) is 134 Å². The van der Waals surface area contributed by atoms with Crippen molar-refractivity contribution in [1.82, 2.24) is 39.7 Å². The van der Waals surface area contributed by atoms with Crippen molar-refractivity contribution >= 4 is 58.3 Å². The average molecular weight is 956 g/mol. The van der Waals surface area contributed by atoms with Gasteiger partial charge in [-0.05, 0) is 80.8 Å². The van der Waals surface area contributed by atoms with E-state index in [9.17, 15) is 24.2 Å². The van der Waals surface area contributed by atoms with Gasteiger partial charge < -0.3 is 34.7 Å². The van der Waals surface area contributed by atoms with Crippen molar-refractivity contribution in [2.24, 2.45) is 0 Å². The number of nitrogens with zero attached hydrogens (tertiary/aromatic N) is 8. The molecule has 18 heteroatoms. The van der Waals surface area contributed by atoms with Crippen LogP contribution in [0.25, 0.3) is 44.8 Å². The number of hydrogen-bond acceptors (Lipinski definition) is 13. The van der Waals surface area contributed by atoms with Crippen molar-refractivity contribution in [2.75, 3.05) is 62.2 Å². The maximum absolute atomic E-state index is 13.9. The minimum absolute atomic E-state index is 0. The van der Waals surface area contributed by atoms with Crippen LogP contribution in [0.15, 0.2) is 101 Å². The monoisotopic (exact) mass is 954 g/mol. The molecule has 2 aliphatic rings. The normalized spacial score (nSPS) is 14.5. The third-order valence-electron chi connectivity index (χ3n) is 12.0. The van der Waals surface area contributed by atoms with Crippen LogP contribution < -0.4 is 25.7 Å². The summed E-state index contributed by atoms with van der Waals surface area (Å²) in [6.07, 6.45) is 0. The first-order valence-electron chi connectivity index (χ1n) is 22.1. The summed E-state index contributed by atoms with van der Waals surface area (Å²) in [4.78, 5) is 59.2. The standard InChI is InChI=1S/C28H31N5O3.C21H24FN5O2.2ClH/c1-19(2)32-11-13-33(14-12-32)25-10-6-9-23(29-25)27-30-24-16-22(36-18-20-7-4-3-5-8-20)15-21(17-34)26(24)28(35)31-27;1-13(2)26-6-8-27(9-7-26)18-5-3-4-16(23-18)20-24-17-11-15(22)10-14(12-28)19(17)21(29)25-20;;/h3-10,15-16,19,34H,11-14,17-18H2,1-2H3,(H,30,31,35);3-5,10-11,13,28H,6-9,12H2,1-2H3,(H,24,25,29);2*1H. The van der Waals surface area contributed by atoms with E-state index in [4.69, 9.17) is 14.7 Å². The molecule has 9 rings (SSSR count). The number of H-pyrrole nitrogens is 2. The lowest BCUT2D eigenvalue weighted by Crippen LogP contribution is -2.49. The molecule has 0 unspecified atom stereocenters. The van der Waals surface area contributed by atoms with Crippen molar-refractivity contribution in [1.29, 1.82) is 0 Å². The van der Waals surface area contributed by atoms with Gasteiger partial charge in [0, 0.05) is 76.6 Å². The van der Waals surface area contributed by atoms with Crippen LogP contribution in [-0.2, 0) is 19.8 Å². The van der Waals surface area contributed by atoms with Gasteiger partial charge in [-0.2, -0.15) is 0 Å². The molecule has 2 saturated heterocycles. The first-order chi connectivity index (χ1) is 31.5. The Hall–Kier alpha value is -6.01. The second kappa shape index (κ2) is 22.7. The molecule has 2 aliphatic heterocycles. The van der Waals surface area contributed by atoms with E-state index in [1.807, 2.05) is 60.7 Å². The fourth-order valence-corrected chi connectivity index (χ4v) is 8.36. The molecule has 6 heterocycles. The Bertz CT molecular complexity index is 2890. The van der Waals surface area contributed by atoms with E-state index in [1.54, 1.807) is 18.2 Å². The quantitative estimate of drug-likeness (QED) is 0.109. The van der Waals surface area contributed by atoms with E-state index in [-0.39, 0.29) is 59.3 Å². The number of aliphatic hydroxyl groups is 2. The molecule has 4 N–H and O–H groups in total. The second-order valence-corrected chi connectivity index (χ2v) is 16.9. The number of anilines is 2. The van der Waals surface area contributed by atoms with Crippen molar-refractivity contribution < 1.29 is 19.3 Å². The predicted octanol–water partition coefficient (Wildman–Crippen LogP) is 6.58. The van der Waals surface area contributed by atoms with Gasteiger partial charge >= 0.3 is 0 Å². The van der Waals surface area contributed by atoms with Crippen LogP contribution in [-0.4, -0.2) is 114 Å². The number of aromatic nitrogens is 6. The van der Waals surface area contributed by atoms with E-state index >= 15 is 0 Å². The van der Waals surface area contributed by atoms with Gasteiger partial charge in [0.05, 0.1) is 35.0 Å². The van der Waals surface area contributed by atoms with Crippen molar-refractivity contribution in [3.8, 4) is 28.8 Å². The minimum Gasteiger partial charge on any atom is -0.489 e. The highest BCUT2D eigenvalue weighted by atomic mass is 35.5. The van der Waals surface area contributed by atoms with Gasteiger partial charge in [0.2, 0.25) is 0 Å². The van der Waals surface area contributed by atoms with Crippen LogP contribution in [0, 0.1) is 5.82 Å². The Morgan fingerprint density at radius 3 is 1.52 bits per heavy atom. The van der Waals surface area contributed by atoms with Gasteiger partial charge in [-0.15, -0.1) is 24.8 Å². The first-order valence-corrected chi connectivity index (χ1v) is 22.1. The second-order valence-electron chi connectivity index (χ2n) is 16.9. The zero-order valence-electron chi connectivity index (χ0n) is 38.0. The van der Waals surface area contributed by atoms with Crippen LogP contribution >= 0.6 is 24.8 Å². The predicted molar refractivity (Wildman–Crippen MR) is 266 cm³/mol. The molecule has 0 bridgehead atoms. The maximum atomic E-state index is 13.9. The van der Waals surface area contributed by atoms with E-state index in [2.05, 4.69) is 67.2 Å². The molecule has 15 nitrogen and oxygen atoms in total. The molecule has 0 aliphatic carbocycles. The van der Waals surface area contributed by atoms with Crippen LogP contribution in [0.4, 0.5) is 16.0 Å². The summed E-state index contributed by atoms with van der Waals surface area (Å²) >= 11 is 0. The molecule has 3 aromatic carbocycles. The Morgan fingerprint density at radius 2 is 1.06 bits per heavy atom. The maximum Gasteiger partial charge on any atom is 0.259 e. The number of rotatable bonds is 11. The van der Waals surface area contributed by atoms with Crippen LogP contribution in [0.3, 0.4) is 0 Å². The summed E-state index contributed by atoms with van der Waals surface area (Å²) in [6.45, 7) is 16.0. The number of aliphatic hydroxyl groups excluding tert-OH is 2. The Balaban J connectivity index is 0.000000219. The molecule has 354 valence electrons. The summed E-state index contributed by atoms with van der Waals surface area (Å²) in [7, 11) is 0. The Morgan fingerprint density at radius 1 is 0.597 bits per heavy atom. The molecule has 7 aromatic rings. The molecular formula is C49H57Cl2FN10O5. The van der Waals surface area contributed by atoms with E-state index in [0.29, 0.717) is 58.1 Å². The molecule has 67 heavy (non-hydrogen) atoms. The smallest absolute Gasteiger partial charge is 0.259 e. The molecule has 0 spiro atoms. The summed E-state index contributed by atoms with van der Waals surface area (Å²) in [5.74, 6) is 2.36. The molecule has 0 atom stereocenters. The lowest BCUT2D eigenvalue weighted by molar-refractivity contribution is 0.209. The third-order valence-corrected chi connectivity index (χ3v) is 12.0. The largest absolute Gasteiger partial charge is 0.489 e. The van der Waals surface area contributed by atoms with Crippen LogP contribution in [0.1, 0.15) is 44.4 Å². The zero-order chi connectivity index (χ0) is 45.6. The molecular weight excluding hydrogens is 899 g/mol. The first kappa shape index (κ1) is 50.4. The van der Waals surface area contributed by atoms with Gasteiger partial charge in [-0.1, -0.05) is 42.5 Å². The van der Waals surface area contributed by atoms with E-state index < -0.39 is 18.0 Å². The number of hydrogen-bond donors (Lipinski definition) is 4. The highest BCUT2D eigenvalue weighted by molar-refractivity contribution is 5.86. The highest BCUT2D eigenvalue weighted by Crippen LogP contribution is 2.27.